The Kier molecular flexibility index (Phi) is 12.7. The van der Waals surface area contributed by atoms with Gasteiger partial charge in [0.1, 0.15) is 22.3 Å². The van der Waals surface area contributed by atoms with E-state index in [2.05, 4.69) is 350 Å². The van der Waals surface area contributed by atoms with Crippen LogP contribution in [0.1, 0.15) is 79.0 Å². The van der Waals surface area contributed by atoms with Crippen molar-refractivity contribution >= 4 is 123 Å². The van der Waals surface area contributed by atoms with E-state index in [0.29, 0.717) is 0 Å². The Morgan fingerprint density at radius 2 is 0.708 bits per heavy atom. The van der Waals surface area contributed by atoms with E-state index in [9.17, 15) is 0 Å². The molecule has 0 bridgehead atoms. The third-order valence-electron chi connectivity index (χ3n) is 20.6. The Bertz CT molecular complexity index is 5750. The molecule has 6 heteroatoms. The van der Waals surface area contributed by atoms with Crippen LogP contribution in [0.2, 0.25) is 0 Å². The highest BCUT2D eigenvalue weighted by Crippen LogP contribution is 2.55. The van der Waals surface area contributed by atoms with Crippen molar-refractivity contribution in [3.8, 4) is 50.2 Å². The van der Waals surface area contributed by atoms with Crippen molar-refractivity contribution in [2.75, 3.05) is 9.80 Å². The normalized spacial score (nSPS) is 13.2. The molecule has 0 radical (unpaired) electrons. The topological polar surface area (TPSA) is 37.7 Å². The zero-order valence-electron chi connectivity index (χ0n) is 55.7. The van der Waals surface area contributed by atoms with Crippen LogP contribution in [0.25, 0.3) is 116 Å². The quantitative estimate of drug-likeness (QED) is 0.149. The number of rotatable bonds is 7. The molecule has 13 aromatic carbocycles. The number of aromatic nitrogens is 1. The Morgan fingerprint density at radius 3 is 1.20 bits per heavy atom. The lowest BCUT2D eigenvalue weighted by Crippen LogP contribution is -2.61. The fourth-order valence-electron chi connectivity index (χ4n) is 15.8. The first-order valence-electron chi connectivity index (χ1n) is 33.8. The van der Waals surface area contributed by atoms with Crippen LogP contribution in [0.15, 0.2) is 282 Å². The Morgan fingerprint density at radius 1 is 0.292 bits per heavy atom. The van der Waals surface area contributed by atoms with Gasteiger partial charge < -0.3 is 23.2 Å². The van der Waals surface area contributed by atoms with Crippen molar-refractivity contribution in [2.45, 2.75) is 78.6 Å². The number of furan rings is 2. The van der Waals surface area contributed by atoms with Crippen molar-refractivity contribution in [1.82, 2.24) is 4.57 Å². The molecule has 18 rings (SSSR count). The summed E-state index contributed by atoms with van der Waals surface area (Å²) in [6.07, 6.45) is 0. The number of hydrogen-bond donors (Lipinski definition) is 0. The molecule has 0 spiro atoms. The number of hydrogen-bond acceptors (Lipinski definition) is 4. The molecule has 96 heavy (non-hydrogen) atoms. The largest absolute Gasteiger partial charge is 0.456 e. The monoisotopic (exact) mass is 1240 g/mol. The predicted molar refractivity (Wildman–Crippen MR) is 407 cm³/mol. The molecule has 2 aliphatic heterocycles. The molecule has 0 aliphatic carbocycles. The second kappa shape index (κ2) is 21.2. The minimum Gasteiger partial charge on any atom is -0.456 e. The molecule has 2 aliphatic rings. The van der Waals surface area contributed by atoms with Gasteiger partial charge in [-0.15, -0.1) is 0 Å². The fourth-order valence-corrected chi connectivity index (χ4v) is 15.8. The molecular weight excluding hydrogens is 1170 g/mol. The van der Waals surface area contributed by atoms with Gasteiger partial charge in [0.2, 0.25) is 0 Å². The summed E-state index contributed by atoms with van der Waals surface area (Å²) >= 11 is 0. The first-order chi connectivity index (χ1) is 46.5. The van der Waals surface area contributed by atoms with Crippen LogP contribution in [0.3, 0.4) is 0 Å². The number of benzene rings is 13. The summed E-state index contributed by atoms with van der Waals surface area (Å²) < 4.78 is 16.6. The highest BCUT2D eigenvalue weighted by Gasteiger charge is 2.46. The summed E-state index contributed by atoms with van der Waals surface area (Å²) in [6.45, 7) is 20.5. The van der Waals surface area contributed by atoms with Crippen LogP contribution in [-0.2, 0) is 16.2 Å². The molecule has 0 saturated heterocycles. The molecule has 16 aromatic rings. The van der Waals surface area contributed by atoms with Crippen molar-refractivity contribution in [1.29, 1.82) is 0 Å². The SMILES string of the molecule is CC(C)(C)c1ccc(-c2cc3c4c(c2)N(c2c(-c5ccccc5)ccc5oc6ccccc6c25)c2ccc(-n5c6ccc(C(C)(C)C)cc6c6cc(C(C)(C)C)ccc65)cc2B4c2cc(-c4ccccc4)ccc2N3c2c(-c3ccccc3)ccc3oc4ccccc4c23)cc1. The predicted octanol–water partition coefficient (Wildman–Crippen LogP) is 23.2. The summed E-state index contributed by atoms with van der Waals surface area (Å²) in [5, 5.41) is 6.75. The molecule has 3 aromatic heterocycles. The van der Waals surface area contributed by atoms with Gasteiger partial charge in [-0.1, -0.05) is 238 Å². The summed E-state index contributed by atoms with van der Waals surface area (Å²) in [4.78, 5) is 5.27. The van der Waals surface area contributed by atoms with Crippen molar-refractivity contribution < 1.29 is 8.83 Å². The maximum absolute atomic E-state index is 7.02. The van der Waals surface area contributed by atoms with Crippen LogP contribution < -0.4 is 26.2 Å². The molecule has 0 fully saturated rings. The summed E-state index contributed by atoms with van der Waals surface area (Å²) in [7, 11) is 0. The molecule has 462 valence electrons. The first kappa shape index (κ1) is 57.6. The average Bonchev–Trinajstić information content (AvgIpc) is 0.830. The van der Waals surface area contributed by atoms with Crippen LogP contribution >= 0.6 is 0 Å². The standard InChI is InChI=1S/C90H72BN3O2/c1-88(2,3)61-36-33-56(34-37-61)60-50-77-85-78(51-60)94(87-66(58-27-17-12-18-28-58)42-48-82-84(87)68-30-20-22-32-80(68)96-82)76-46-40-64(92-73-44-38-62(89(4,5)6)52-69(73)70-53-63(90(7,8)9)39-45-74(70)92)54-72(76)91(85)71-49-59(55-23-13-10-14-24-55)35-43-75(71)93(77)86-65(57-25-15-11-16-26-57)41-47-81-83(86)67-29-19-21-31-79(67)95-81/h10-54H,1-9H3. The molecular formula is C90H72BN3O2. The van der Waals surface area contributed by atoms with E-state index in [-0.39, 0.29) is 23.0 Å². The minimum atomic E-state index is -0.289. The molecule has 0 N–H and O–H groups in total. The van der Waals surface area contributed by atoms with E-state index in [1.54, 1.807) is 0 Å². The van der Waals surface area contributed by atoms with Crippen molar-refractivity contribution in [3.63, 3.8) is 0 Å². The number of anilines is 6. The van der Waals surface area contributed by atoms with E-state index in [1.165, 1.54) is 54.9 Å². The molecule has 5 nitrogen and oxygen atoms in total. The van der Waals surface area contributed by atoms with E-state index in [0.717, 1.165) is 128 Å². The zero-order valence-corrected chi connectivity index (χ0v) is 55.7. The van der Waals surface area contributed by atoms with E-state index >= 15 is 0 Å². The summed E-state index contributed by atoms with van der Waals surface area (Å²) in [5.41, 5.74) is 29.6. The second-order valence-corrected chi connectivity index (χ2v) is 29.6. The molecule has 5 heterocycles. The third-order valence-corrected chi connectivity index (χ3v) is 20.6. The summed E-state index contributed by atoms with van der Waals surface area (Å²) in [6, 6.07) is 102. The van der Waals surface area contributed by atoms with Gasteiger partial charge in [-0.25, -0.2) is 0 Å². The Balaban J connectivity index is 1.03. The van der Waals surface area contributed by atoms with E-state index < -0.39 is 0 Å². The molecule has 0 saturated carbocycles. The van der Waals surface area contributed by atoms with Gasteiger partial charge in [0.05, 0.1) is 33.2 Å². The lowest BCUT2D eigenvalue weighted by atomic mass is 9.33. The Labute approximate surface area is 561 Å². The molecule has 0 atom stereocenters. The maximum atomic E-state index is 7.02. The number of para-hydroxylation sites is 2. The average molecular weight is 1240 g/mol. The van der Waals surface area contributed by atoms with Crippen molar-refractivity contribution in [2.24, 2.45) is 0 Å². The van der Waals surface area contributed by atoms with Gasteiger partial charge >= 0.3 is 0 Å². The maximum Gasteiger partial charge on any atom is 0.252 e. The zero-order chi connectivity index (χ0) is 65.1. The van der Waals surface area contributed by atoms with Gasteiger partial charge in [-0.2, -0.15) is 0 Å². The fraction of sp³-hybridized carbons (Fsp3) is 0.133. The van der Waals surface area contributed by atoms with Gasteiger partial charge in [0, 0.05) is 61.1 Å². The summed E-state index contributed by atoms with van der Waals surface area (Å²) in [5.74, 6) is 0. The first-order valence-corrected chi connectivity index (χ1v) is 33.8. The highest BCUT2D eigenvalue weighted by atomic mass is 16.3. The Hall–Kier alpha value is -11.1. The highest BCUT2D eigenvalue weighted by molar-refractivity contribution is 7.00. The number of fused-ring (bicyclic) bond motifs is 13. The van der Waals surface area contributed by atoms with Crippen LogP contribution in [-0.4, -0.2) is 11.3 Å². The van der Waals surface area contributed by atoms with Crippen LogP contribution in [0.5, 0.6) is 0 Å². The van der Waals surface area contributed by atoms with Crippen LogP contribution in [0.4, 0.5) is 34.1 Å². The second-order valence-electron chi connectivity index (χ2n) is 29.6. The van der Waals surface area contributed by atoms with E-state index in [1.807, 2.05) is 0 Å². The smallest absolute Gasteiger partial charge is 0.252 e. The van der Waals surface area contributed by atoms with Gasteiger partial charge in [-0.3, -0.25) is 0 Å². The minimum absolute atomic E-state index is 0.0458. The third kappa shape index (κ3) is 8.98. The van der Waals surface area contributed by atoms with E-state index in [4.69, 9.17) is 8.83 Å². The molecule has 0 amide bonds. The number of nitrogens with zero attached hydrogens (tertiary/aromatic N) is 3. The molecule has 0 unspecified atom stereocenters. The van der Waals surface area contributed by atoms with Gasteiger partial charge in [-0.05, 0) is 180 Å². The van der Waals surface area contributed by atoms with Gasteiger partial charge in [0.25, 0.3) is 6.71 Å². The lowest BCUT2D eigenvalue weighted by molar-refractivity contribution is 0.590. The van der Waals surface area contributed by atoms with Crippen molar-refractivity contribution in [3.05, 3.63) is 290 Å². The van der Waals surface area contributed by atoms with Gasteiger partial charge in [0.15, 0.2) is 0 Å². The lowest BCUT2D eigenvalue weighted by Gasteiger charge is -2.45. The van der Waals surface area contributed by atoms with Crippen LogP contribution in [0, 0.1) is 0 Å².